The van der Waals surface area contributed by atoms with Crippen LogP contribution in [0, 0.1) is 0 Å². The normalized spacial score (nSPS) is 24.5. The average molecular weight is 334 g/mol. The Morgan fingerprint density at radius 1 is 1.29 bits per heavy atom. The number of pyridine rings is 1. The lowest BCUT2D eigenvalue weighted by molar-refractivity contribution is 0.117. The molecule has 0 atom stereocenters. The van der Waals surface area contributed by atoms with Gasteiger partial charge in [0, 0.05) is 37.4 Å². The molecule has 1 aromatic rings. The number of nitrogens with one attached hydrogen (secondary N) is 2. The number of rotatable bonds is 4. The van der Waals surface area contributed by atoms with Crippen molar-refractivity contribution >= 4 is 11.8 Å². The van der Waals surface area contributed by atoms with E-state index in [4.69, 9.17) is 4.74 Å². The first-order chi connectivity index (χ1) is 11.7. The van der Waals surface area contributed by atoms with Gasteiger partial charge in [-0.3, -0.25) is 0 Å². The Kier molecular flexibility index (Phi) is 5.87. The quantitative estimate of drug-likeness (QED) is 0.765. The molecule has 2 fully saturated rings. The van der Waals surface area contributed by atoms with Crippen molar-refractivity contribution in [2.24, 2.45) is 0 Å². The maximum Gasteiger partial charge on any atom is 0.315 e. The van der Waals surface area contributed by atoms with E-state index >= 15 is 0 Å². The highest BCUT2D eigenvalue weighted by Crippen LogP contribution is 2.19. The van der Waals surface area contributed by atoms with Gasteiger partial charge in [-0.2, -0.15) is 0 Å². The fourth-order valence-corrected chi connectivity index (χ4v) is 3.26. The summed E-state index contributed by atoms with van der Waals surface area (Å²) in [5.74, 6) is 0.918. The lowest BCUT2D eigenvalue weighted by atomic mass is 9.93. The molecule has 1 aliphatic heterocycles. The second kappa shape index (κ2) is 8.30. The van der Waals surface area contributed by atoms with Gasteiger partial charge in [-0.25, -0.2) is 9.78 Å². The van der Waals surface area contributed by atoms with Gasteiger partial charge in [-0.05, 0) is 31.7 Å². The van der Waals surface area contributed by atoms with Crippen LogP contribution in [0.4, 0.5) is 10.6 Å². The summed E-state index contributed by atoms with van der Waals surface area (Å²) in [7, 11) is 0. The van der Waals surface area contributed by atoms with Crippen LogP contribution in [0.25, 0.3) is 0 Å². The van der Waals surface area contributed by atoms with Gasteiger partial charge in [0.25, 0.3) is 0 Å². The molecule has 0 spiro atoms. The van der Waals surface area contributed by atoms with E-state index in [1.54, 1.807) is 6.20 Å². The molecule has 7 nitrogen and oxygen atoms in total. The molecular formula is C17H26N4O3. The summed E-state index contributed by atoms with van der Waals surface area (Å²) in [6.07, 6.45) is 4.75. The predicted octanol–water partition coefficient (Wildman–Crippen LogP) is 1.02. The summed E-state index contributed by atoms with van der Waals surface area (Å²) in [6.45, 7) is 3.50. The second-order valence-corrected chi connectivity index (χ2v) is 6.42. The summed E-state index contributed by atoms with van der Waals surface area (Å²) < 4.78 is 5.38. The number of aliphatic hydroxyl groups is 1. The number of hydrogen-bond donors (Lipinski definition) is 3. The van der Waals surface area contributed by atoms with Crippen molar-refractivity contribution in [3.63, 3.8) is 0 Å². The highest BCUT2D eigenvalue weighted by molar-refractivity contribution is 5.74. The first-order valence-corrected chi connectivity index (χ1v) is 8.71. The van der Waals surface area contributed by atoms with Gasteiger partial charge < -0.3 is 25.4 Å². The molecule has 2 aliphatic rings. The first kappa shape index (κ1) is 17.0. The van der Waals surface area contributed by atoms with Gasteiger partial charge in [0.05, 0.1) is 19.3 Å². The predicted molar refractivity (Wildman–Crippen MR) is 90.9 cm³/mol. The van der Waals surface area contributed by atoms with Crippen LogP contribution in [0.3, 0.4) is 0 Å². The monoisotopic (exact) mass is 334 g/mol. The fraction of sp³-hybridized carbons (Fsp3) is 0.647. The maximum atomic E-state index is 12.1. The Bertz CT molecular complexity index is 540. The van der Waals surface area contributed by atoms with Crippen LogP contribution < -0.4 is 15.5 Å². The third kappa shape index (κ3) is 4.58. The number of urea groups is 1. The lowest BCUT2D eigenvalue weighted by Gasteiger charge is -2.29. The van der Waals surface area contributed by atoms with Crippen LogP contribution in [0.5, 0.6) is 0 Å². The van der Waals surface area contributed by atoms with Crippen LogP contribution >= 0.6 is 0 Å². The fourth-order valence-electron chi connectivity index (χ4n) is 3.26. The van der Waals surface area contributed by atoms with Gasteiger partial charge in [0.1, 0.15) is 5.82 Å². The average Bonchev–Trinajstić information content (AvgIpc) is 2.63. The standard InChI is InChI=1S/C17H26N4O3/c22-15-5-3-14(4-6-15)20-17(23)19-12-13-2-1-7-18-16(13)21-8-10-24-11-9-21/h1-2,7,14-15,22H,3-6,8-12H2,(H2,19,20,23). The summed E-state index contributed by atoms with van der Waals surface area (Å²) >= 11 is 0. The third-order valence-electron chi connectivity index (χ3n) is 4.65. The number of morpholine rings is 1. The maximum absolute atomic E-state index is 12.1. The van der Waals surface area contributed by atoms with Crippen LogP contribution in [0.15, 0.2) is 18.3 Å². The highest BCUT2D eigenvalue weighted by atomic mass is 16.5. The van der Waals surface area contributed by atoms with E-state index in [2.05, 4.69) is 20.5 Å². The Balaban J connectivity index is 1.51. The number of aliphatic hydroxyl groups excluding tert-OH is 1. The van der Waals surface area contributed by atoms with E-state index in [1.807, 2.05) is 12.1 Å². The molecule has 0 radical (unpaired) electrons. The van der Waals surface area contributed by atoms with Crippen LogP contribution in [0.1, 0.15) is 31.2 Å². The molecule has 0 unspecified atom stereocenters. The number of aromatic nitrogens is 1. The van der Waals surface area contributed by atoms with E-state index in [0.717, 1.165) is 50.2 Å². The van der Waals surface area contributed by atoms with E-state index in [-0.39, 0.29) is 18.2 Å². The molecule has 0 bridgehead atoms. The van der Waals surface area contributed by atoms with Gasteiger partial charge >= 0.3 is 6.03 Å². The second-order valence-electron chi connectivity index (χ2n) is 6.42. The van der Waals surface area contributed by atoms with Gasteiger partial charge in [0.2, 0.25) is 0 Å². The summed E-state index contributed by atoms with van der Waals surface area (Å²) in [5.41, 5.74) is 1.01. The SMILES string of the molecule is O=C(NCc1cccnc1N1CCOCC1)NC1CCC(O)CC1. The molecule has 2 heterocycles. The minimum absolute atomic E-state index is 0.154. The minimum atomic E-state index is -0.211. The van der Waals surface area contributed by atoms with Crippen molar-refractivity contribution in [3.05, 3.63) is 23.9 Å². The van der Waals surface area contributed by atoms with Crippen molar-refractivity contribution in [2.75, 3.05) is 31.2 Å². The Labute approximate surface area is 142 Å². The molecule has 1 aromatic heterocycles. The third-order valence-corrected chi connectivity index (χ3v) is 4.65. The van der Waals surface area contributed by atoms with Crippen molar-refractivity contribution in [1.82, 2.24) is 15.6 Å². The molecular weight excluding hydrogens is 308 g/mol. The van der Waals surface area contributed by atoms with Crippen molar-refractivity contribution in [3.8, 4) is 0 Å². The Hall–Kier alpha value is -1.86. The Morgan fingerprint density at radius 2 is 2.04 bits per heavy atom. The van der Waals surface area contributed by atoms with Gasteiger partial charge in [-0.1, -0.05) is 6.07 Å². The van der Waals surface area contributed by atoms with E-state index in [1.165, 1.54) is 0 Å². The largest absolute Gasteiger partial charge is 0.393 e. The molecule has 1 saturated heterocycles. The number of hydrogen-bond acceptors (Lipinski definition) is 5. The molecule has 24 heavy (non-hydrogen) atoms. The van der Waals surface area contributed by atoms with E-state index < -0.39 is 0 Å². The number of ether oxygens (including phenoxy) is 1. The number of anilines is 1. The van der Waals surface area contributed by atoms with Crippen molar-refractivity contribution in [1.29, 1.82) is 0 Å². The number of nitrogens with zero attached hydrogens (tertiary/aromatic N) is 2. The summed E-state index contributed by atoms with van der Waals surface area (Å²) in [4.78, 5) is 18.8. The van der Waals surface area contributed by atoms with Crippen molar-refractivity contribution in [2.45, 2.75) is 44.4 Å². The molecule has 1 aliphatic carbocycles. The molecule has 7 heteroatoms. The van der Waals surface area contributed by atoms with Crippen LogP contribution in [0.2, 0.25) is 0 Å². The van der Waals surface area contributed by atoms with Crippen LogP contribution in [-0.2, 0) is 11.3 Å². The Morgan fingerprint density at radius 3 is 2.79 bits per heavy atom. The molecule has 2 amide bonds. The minimum Gasteiger partial charge on any atom is -0.393 e. The lowest BCUT2D eigenvalue weighted by Crippen LogP contribution is -2.44. The van der Waals surface area contributed by atoms with Gasteiger partial charge in [0.15, 0.2) is 0 Å². The zero-order valence-electron chi connectivity index (χ0n) is 13.9. The zero-order valence-corrected chi connectivity index (χ0v) is 13.9. The summed E-state index contributed by atoms with van der Waals surface area (Å²) in [6, 6.07) is 3.88. The van der Waals surface area contributed by atoms with E-state index in [0.29, 0.717) is 19.8 Å². The molecule has 132 valence electrons. The molecule has 3 N–H and O–H groups in total. The number of carbonyl (C=O) groups is 1. The number of carbonyl (C=O) groups excluding carboxylic acids is 1. The molecule has 1 saturated carbocycles. The number of amides is 2. The van der Waals surface area contributed by atoms with Crippen molar-refractivity contribution < 1.29 is 14.6 Å². The highest BCUT2D eigenvalue weighted by Gasteiger charge is 2.21. The van der Waals surface area contributed by atoms with E-state index in [9.17, 15) is 9.90 Å². The molecule has 0 aromatic carbocycles. The molecule has 3 rings (SSSR count). The van der Waals surface area contributed by atoms with Gasteiger partial charge in [-0.15, -0.1) is 0 Å². The van der Waals surface area contributed by atoms with Crippen LogP contribution in [-0.4, -0.2) is 54.6 Å². The topological polar surface area (TPSA) is 86.7 Å². The first-order valence-electron chi connectivity index (χ1n) is 8.71. The smallest absolute Gasteiger partial charge is 0.315 e. The zero-order chi connectivity index (χ0) is 16.8. The summed E-state index contributed by atoms with van der Waals surface area (Å²) in [5, 5.41) is 15.4.